The minimum absolute atomic E-state index is 0.0947. The van der Waals surface area contributed by atoms with Crippen molar-refractivity contribution in [3.8, 4) is 0 Å². The van der Waals surface area contributed by atoms with Crippen molar-refractivity contribution in [1.82, 2.24) is 9.97 Å². The number of H-pyrrole nitrogens is 2. The van der Waals surface area contributed by atoms with Crippen molar-refractivity contribution in [1.29, 1.82) is 0 Å². The van der Waals surface area contributed by atoms with Crippen LogP contribution < -0.4 is 11.2 Å². The van der Waals surface area contributed by atoms with Crippen molar-refractivity contribution in [2.75, 3.05) is 0 Å². The number of esters is 1. The second-order valence-corrected chi connectivity index (χ2v) is 3.50. The number of hydrogen-bond acceptors (Lipinski definition) is 4. The van der Waals surface area contributed by atoms with Crippen LogP contribution in [0.5, 0.6) is 0 Å². The molecule has 0 aliphatic carbocycles. The Hall–Kier alpha value is -2.58. The minimum atomic E-state index is -5.11. The van der Waals surface area contributed by atoms with Crippen LogP contribution in [0.1, 0.15) is 10.4 Å². The van der Waals surface area contributed by atoms with Crippen molar-refractivity contribution >= 4 is 16.9 Å². The first-order valence-electron chi connectivity index (χ1n) is 4.83. The zero-order valence-corrected chi connectivity index (χ0v) is 9.00. The largest absolute Gasteiger partial charge is 0.575 e. The molecule has 2 aromatic rings. The second kappa shape index (κ2) is 4.26. The average molecular weight is 274 g/mol. The lowest BCUT2D eigenvalue weighted by atomic mass is 10.1. The van der Waals surface area contributed by atoms with Crippen LogP contribution in [0.3, 0.4) is 0 Å². The van der Waals surface area contributed by atoms with Gasteiger partial charge in [0.25, 0.3) is 5.56 Å². The van der Waals surface area contributed by atoms with E-state index < -0.39 is 29.1 Å². The molecule has 6 nitrogen and oxygen atoms in total. The van der Waals surface area contributed by atoms with Crippen LogP contribution in [0.25, 0.3) is 10.9 Å². The predicted molar refractivity (Wildman–Crippen MR) is 56.7 cm³/mol. The molecule has 100 valence electrons. The number of carbonyl (C=O) groups is 1. The van der Waals surface area contributed by atoms with Crippen LogP contribution in [0.2, 0.25) is 0 Å². The van der Waals surface area contributed by atoms with E-state index in [1.54, 1.807) is 0 Å². The van der Waals surface area contributed by atoms with E-state index in [0.717, 1.165) is 18.2 Å². The molecule has 0 radical (unpaired) electrons. The third kappa shape index (κ3) is 2.81. The van der Waals surface area contributed by atoms with Crippen molar-refractivity contribution in [3.63, 3.8) is 0 Å². The molecule has 0 saturated carbocycles. The number of ether oxygens (including phenoxy) is 1. The van der Waals surface area contributed by atoms with Crippen molar-refractivity contribution < 1.29 is 22.7 Å². The molecule has 0 amide bonds. The Labute approximate surface area is 101 Å². The topological polar surface area (TPSA) is 92.0 Å². The summed E-state index contributed by atoms with van der Waals surface area (Å²) in [5, 5.41) is -0.128. The van der Waals surface area contributed by atoms with Gasteiger partial charge in [-0.3, -0.25) is 9.78 Å². The van der Waals surface area contributed by atoms with Crippen molar-refractivity contribution in [2.45, 2.75) is 6.36 Å². The normalized spacial score (nSPS) is 11.5. The summed E-state index contributed by atoms with van der Waals surface area (Å²) in [7, 11) is 0. The number of halogens is 3. The van der Waals surface area contributed by atoms with E-state index in [2.05, 4.69) is 9.72 Å². The van der Waals surface area contributed by atoms with Gasteiger partial charge in [-0.1, -0.05) is 0 Å². The van der Waals surface area contributed by atoms with E-state index in [-0.39, 0.29) is 10.9 Å². The van der Waals surface area contributed by atoms with Gasteiger partial charge in [-0.15, -0.1) is 13.2 Å². The average Bonchev–Trinajstić information content (AvgIpc) is 2.25. The van der Waals surface area contributed by atoms with E-state index in [1.165, 1.54) is 0 Å². The number of aromatic nitrogens is 2. The van der Waals surface area contributed by atoms with Gasteiger partial charge < -0.3 is 9.72 Å². The summed E-state index contributed by atoms with van der Waals surface area (Å²) in [6.45, 7) is 0. The Morgan fingerprint density at radius 3 is 2.47 bits per heavy atom. The van der Waals surface area contributed by atoms with Gasteiger partial charge in [-0.05, 0) is 18.2 Å². The zero-order chi connectivity index (χ0) is 14.2. The lowest BCUT2D eigenvalue weighted by Gasteiger charge is -2.07. The summed E-state index contributed by atoms with van der Waals surface area (Å²) in [5.74, 6) is -1.64. The first kappa shape index (κ1) is 12.9. The van der Waals surface area contributed by atoms with Gasteiger partial charge in [0.15, 0.2) is 0 Å². The third-order valence-corrected chi connectivity index (χ3v) is 2.18. The Morgan fingerprint density at radius 2 is 1.84 bits per heavy atom. The van der Waals surface area contributed by atoms with Gasteiger partial charge in [0.2, 0.25) is 0 Å². The molecular weight excluding hydrogens is 269 g/mol. The molecule has 19 heavy (non-hydrogen) atoms. The molecule has 0 bridgehead atoms. The summed E-state index contributed by atoms with van der Waals surface area (Å²) in [6.07, 6.45) is -5.11. The predicted octanol–water partition coefficient (Wildman–Crippen LogP) is 0.893. The molecular formula is C10H5F3N2O4. The van der Waals surface area contributed by atoms with E-state index in [4.69, 9.17) is 0 Å². The fourth-order valence-corrected chi connectivity index (χ4v) is 1.46. The minimum Gasteiger partial charge on any atom is -0.369 e. The lowest BCUT2D eigenvalue weighted by Crippen LogP contribution is -2.23. The molecule has 1 aromatic carbocycles. The SMILES string of the molecule is O=C(OC(F)(F)F)c1ccc2[nH]c(=O)[nH]c(=O)c2c1. The van der Waals surface area contributed by atoms with E-state index in [0.29, 0.717) is 0 Å². The van der Waals surface area contributed by atoms with Gasteiger partial charge in [0.05, 0.1) is 16.5 Å². The number of fused-ring (bicyclic) bond motifs is 1. The fourth-order valence-electron chi connectivity index (χ4n) is 1.46. The van der Waals surface area contributed by atoms with Gasteiger partial charge in [0.1, 0.15) is 0 Å². The molecule has 2 rings (SSSR count). The van der Waals surface area contributed by atoms with Crippen LogP contribution >= 0.6 is 0 Å². The number of alkyl halides is 3. The summed E-state index contributed by atoms with van der Waals surface area (Å²) in [6, 6.07) is 3.04. The molecule has 0 spiro atoms. The summed E-state index contributed by atoms with van der Waals surface area (Å²) < 4.78 is 38.9. The van der Waals surface area contributed by atoms with Crippen LogP contribution in [-0.4, -0.2) is 22.3 Å². The van der Waals surface area contributed by atoms with E-state index in [1.807, 2.05) is 4.98 Å². The van der Waals surface area contributed by atoms with Crippen LogP contribution in [0.15, 0.2) is 27.8 Å². The van der Waals surface area contributed by atoms with E-state index in [9.17, 15) is 27.6 Å². The lowest BCUT2D eigenvalue weighted by molar-refractivity contribution is -0.291. The highest BCUT2D eigenvalue weighted by Crippen LogP contribution is 2.19. The van der Waals surface area contributed by atoms with Gasteiger partial charge in [-0.2, -0.15) is 0 Å². The van der Waals surface area contributed by atoms with Gasteiger partial charge >= 0.3 is 18.0 Å². The van der Waals surface area contributed by atoms with Gasteiger partial charge in [-0.25, -0.2) is 9.59 Å². The second-order valence-electron chi connectivity index (χ2n) is 3.50. The standard InChI is InChI=1S/C10H5F3N2O4/c11-10(12,13)19-8(17)4-1-2-6-5(3-4)7(16)15-9(18)14-6/h1-3H,(H2,14,15,16,18). The molecule has 9 heteroatoms. The van der Waals surface area contributed by atoms with Gasteiger partial charge in [0, 0.05) is 0 Å². The maximum Gasteiger partial charge on any atom is 0.575 e. The number of aromatic amines is 2. The fraction of sp³-hybridized carbons (Fsp3) is 0.100. The smallest absolute Gasteiger partial charge is 0.369 e. The number of carbonyl (C=O) groups excluding carboxylic acids is 1. The number of nitrogens with one attached hydrogen (secondary N) is 2. The first-order valence-corrected chi connectivity index (χ1v) is 4.83. The van der Waals surface area contributed by atoms with Crippen LogP contribution in [0.4, 0.5) is 13.2 Å². The molecule has 2 N–H and O–H groups in total. The van der Waals surface area contributed by atoms with Crippen LogP contribution in [-0.2, 0) is 4.74 Å². The molecule has 0 aliphatic rings. The molecule has 0 fully saturated rings. The highest BCUT2D eigenvalue weighted by molar-refractivity contribution is 5.94. The van der Waals surface area contributed by atoms with Crippen LogP contribution in [0, 0.1) is 0 Å². The molecule has 0 unspecified atom stereocenters. The Bertz CT molecular complexity index is 760. The third-order valence-electron chi connectivity index (χ3n) is 2.18. The summed E-state index contributed by atoms with van der Waals surface area (Å²) in [5.41, 5.74) is -1.94. The number of rotatable bonds is 1. The van der Waals surface area contributed by atoms with E-state index >= 15 is 0 Å². The zero-order valence-electron chi connectivity index (χ0n) is 9.00. The molecule has 0 saturated heterocycles. The maximum absolute atomic E-state index is 11.9. The maximum atomic E-state index is 11.9. The van der Waals surface area contributed by atoms with Crippen molar-refractivity contribution in [2.24, 2.45) is 0 Å². The summed E-state index contributed by atoms with van der Waals surface area (Å²) in [4.78, 5) is 37.7. The Kier molecular flexibility index (Phi) is 2.89. The Balaban J connectivity index is 2.51. The summed E-state index contributed by atoms with van der Waals surface area (Å²) >= 11 is 0. The molecule has 1 heterocycles. The first-order chi connectivity index (χ1) is 8.76. The molecule has 0 atom stereocenters. The molecule has 1 aromatic heterocycles. The monoisotopic (exact) mass is 274 g/mol. The highest BCUT2D eigenvalue weighted by Gasteiger charge is 2.34. The number of benzene rings is 1. The van der Waals surface area contributed by atoms with Crippen molar-refractivity contribution in [3.05, 3.63) is 44.6 Å². The number of hydrogen-bond donors (Lipinski definition) is 2. The quantitative estimate of drug-likeness (QED) is 0.755. The highest BCUT2D eigenvalue weighted by atomic mass is 19.4. The Morgan fingerprint density at radius 1 is 1.16 bits per heavy atom. The molecule has 0 aliphatic heterocycles.